The summed E-state index contributed by atoms with van der Waals surface area (Å²) in [6.07, 6.45) is 6.08. The topological polar surface area (TPSA) is 9.23 Å². The molecule has 1 fully saturated rings. The van der Waals surface area contributed by atoms with Crippen molar-refractivity contribution in [2.45, 2.75) is 32.1 Å². The lowest BCUT2D eigenvalue weighted by atomic mass is 10.1. The summed E-state index contributed by atoms with van der Waals surface area (Å²) in [6, 6.07) is 8.01. The van der Waals surface area contributed by atoms with Crippen LogP contribution in [0.2, 0.25) is 0 Å². The number of halogens is 1. The highest BCUT2D eigenvalue weighted by Gasteiger charge is 2.15. The molecule has 18 heavy (non-hydrogen) atoms. The molecule has 2 rings (SSSR count). The van der Waals surface area contributed by atoms with Crippen LogP contribution in [0, 0.1) is 17.8 Å². The van der Waals surface area contributed by atoms with E-state index >= 15 is 0 Å². The predicted octanol–water partition coefficient (Wildman–Crippen LogP) is 4.24. The Morgan fingerprint density at radius 1 is 1.28 bits per heavy atom. The number of alkyl halides is 1. The van der Waals surface area contributed by atoms with Gasteiger partial charge in [-0.05, 0) is 37.0 Å². The van der Waals surface area contributed by atoms with Crippen LogP contribution in [-0.4, -0.2) is 12.5 Å². The molecule has 1 aromatic rings. The van der Waals surface area contributed by atoms with E-state index in [9.17, 15) is 0 Å². The van der Waals surface area contributed by atoms with Gasteiger partial charge in [-0.15, -0.1) is 11.6 Å². The van der Waals surface area contributed by atoms with E-state index in [0.717, 1.165) is 30.3 Å². The standard InChI is InChI=1S/C16H19ClO/c17-11-4-3-6-14-9-5-10-16(12-14)18-13-15-7-1-2-8-15/h5,9-10,12,15H,1-2,4,7-8,11,13H2. The zero-order chi connectivity index (χ0) is 12.6. The summed E-state index contributed by atoms with van der Waals surface area (Å²) in [4.78, 5) is 0. The van der Waals surface area contributed by atoms with Crippen molar-refractivity contribution in [3.63, 3.8) is 0 Å². The Balaban J connectivity index is 1.88. The summed E-state index contributed by atoms with van der Waals surface area (Å²) in [6.45, 7) is 0.846. The fraction of sp³-hybridized carbons (Fsp3) is 0.500. The van der Waals surface area contributed by atoms with Gasteiger partial charge >= 0.3 is 0 Å². The van der Waals surface area contributed by atoms with Crippen LogP contribution < -0.4 is 4.74 Å². The van der Waals surface area contributed by atoms with Crippen LogP contribution in [0.25, 0.3) is 0 Å². The highest BCUT2D eigenvalue weighted by molar-refractivity contribution is 6.18. The van der Waals surface area contributed by atoms with Crippen molar-refractivity contribution < 1.29 is 4.74 Å². The van der Waals surface area contributed by atoms with Gasteiger partial charge in [0.05, 0.1) is 6.61 Å². The van der Waals surface area contributed by atoms with Gasteiger partial charge in [0.25, 0.3) is 0 Å². The van der Waals surface area contributed by atoms with E-state index in [-0.39, 0.29) is 0 Å². The summed E-state index contributed by atoms with van der Waals surface area (Å²) >= 11 is 5.59. The smallest absolute Gasteiger partial charge is 0.120 e. The maximum absolute atomic E-state index is 5.84. The molecule has 1 aliphatic rings. The van der Waals surface area contributed by atoms with Gasteiger partial charge in [-0.2, -0.15) is 0 Å². The molecule has 0 aromatic heterocycles. The van der Waals surface area contributed by atoms with Crippen LogP contribution in [0.1, 0.15) is 37.7 Å². The Kier molecular flexibility index (Phi) is 5.42. The minimum atomic E-state index is 0.588. The molecule has 2 heteroatoms. The highest BCUT2D eigenvalue weighted by Crippen LogP contribution is 2.25. The molecule has 0 aliphatic heterocycles. The molecule has 1 nitrogen and oxygen atoms in total. The Bertz CT molecular complexity index is 424. The van der Waals surface area contributed by atoms with Gasteiger partial charge in [0, 0.05) is 17.9 Å². The molecule has 0 bridgehead atoms. The Labute approximate surface area is 114 Å². The van der Waals surface area contributed by atoms with Crippen LogP contribution in [0.4, 0.5) is 0 Å². The summed E-state index contributed by atoms with van der Waals surface area (Å²) < 4.78 is 5.84. The molecular formula is C16H19ClO. The summed E-state index contributed by atoms with van der Waals surface area (Å²) in [5, 5.41) is 0. The van der Waals surface area contributed by atoms with Gasteiger partial charge in [-0.25, -0.2) is 0 Å². The second-order valence-electron chi connectivity index (χ2n) is 4.73. The van der Waals surface area contributed by atoms with Crippen molar-refractivity contribution in [1.29, 1.82) is 0 Å². The number of ether oxygens (including phenoxy) is 1. The van der Waals surface area contributed by atoms with Crippen LogP contribution in [0.15, 0.2) is 24.3 Å². The van der Waals surface area contributed by atoms with Gasteiger partial charge in [-0.1, -0.05) is 30.7 Å². The fourth-order valence-electron chi connectivity index (χ4n) is 2.27. The van der Waals surface area contributed by atoms with E-state index in [4.69, 9.17) is 16.3 Å². The summed E-state index contributed by atoms with van der Waals surface area (Å²) in [7, 11) is 0. The van der Waals surface area contributed by atoms with Crippen molar-refractivity contribution in [2.24, 2.45) is 5.92 Å². The van der Waals surface area contributed by atoms with Crippen LogP contribution in [0.3, 0.4) is 0 Å². The normalized spacial score (nSPS) is 15.2. The first-order valence-electron chi connectivity index (χ1n) is 6.66. The lowest BCUT2D eigenvalue weighted by Gasteiger charge is -2.11. The van der Waals surface area contributed by atoms with Gasteiger partial charge in [0.15, 0.2) is 0 Å². The molecule has 0 atom stereocenters. The molecule has 1 saturated carbocycles. The first kappa shape index (κ1) is 13.3. The van der Waals surface area contributed by atoms with Gasteiger partial charge < -0.3 is 4.74 Å². The molecule has 0 spiro atoms. The van der Waals surface area contributed by atoms with E-state index in [0.29, 0.717) is 5.88 Å². The van der Waals surface area contributed by atoms with E-state index in [1.807, 2.05) is 24.3 Å². The maximum Gasteiger partial charge on any atom is 0.120 e. The molecule has 96 valence electrons. The maximum atomic E-state index is 5.84. The lowest BCUT2D eigenvalue weighted by molar-refractivity contribution is 0.252. The molecule has 0 saturated heterocycles. The Morgan fingerprint density at radius 3 is 2.89 bits per heavy atom. The van der Waals surface area contributed by atoms with Crippen LogP contribution in [-0.2, 0) is 0 Å². The van der Waals surface area contributed by atoms with E-state index in [1.54, 1.807) is 0 Å². The molecular weight excluding hydrogens is 244 g/mol. The minimum absolute atomic E-state index is 0.588. The largest absolute Gasteiger partial charge is 0.493 e. The predicted molar refractivity (Wildman–Crippen MR) is 76.1 cm³/mol. The Morgan fingerprint density at radius 2 is 2.11 bits per heavy atom. The Hall–Kier alpha value is -1.13. The second kappa shape index (κ2) is 7.34. The van der Waals surface area contributed by atoms with Gasteiger partial charge in [0.2, 0.25) is 0 Å². The van der Waals surface area contributed by atoms with Crippen molar-refractivity contribution in [1.82, 2.24) is 0 Å². The summed E-state index contributed by atoms with van der Waals surface area (Å²) in [5.74, 6) is 8.40. The minimum Gasteiger partial charge on any atom is -0.493 e. The van der Waals surface area contributed by atoms with Crippen molar-refractivity contribution >= 4 is 11.6 Å². The number of benzene rings is 1. The first-order chi connectivity index (χ1) is 8.88. The van der Waals surface area contributed by atoms with Crippen molar-refractivity contribution in [3.05, 3.63) is 29.8 Å². The lowest BCUT2D eigenvalue weighted by Crippen LogP contribution is -2.07. The van der Waals surface area contributed by atoms with Crippen molar-refractivity contribution in [2.75, 3.05) is 12.5 Å². The van der Waals surface area contributed by atoms with Gasteiger partial charge in [-0.3, -0.25) is 0 Å². The monoisotopic (exact) mass is 262 g/mol. The first-order valence-corrected chi connectivity index (χ1v) is 7.19. The third kappa shape index (κ3) is 4.27. The van der Waals surface area contributed by atoms with Crippen LogP contribution in [0.5, 0.6) is 5.75 Å². The van der Waals surface area contributed by atoms with Crippen molar-refractivity contribution in [3.8, 4) is 17.6 Å². The van der Waals surface area contributed by atoms with E-state index in [1.165, 1.54) is 25.7 Å². The SMILES string of the molecule is ClCCC#Cc1cccc(OCC2CCCC2)c1. The summed E-state index contributed by atoms with van der Waals surface area (Å²) in [5.41, 5.74) is 1.00. The quantitative estimate of drug-likeness (QED) is 0.583. The molecule has 1 aromatic carbocycles. The average molecular weight is 263 g/mol. The fourth-order valence-corrected chi connectivity index (χ4v) is 2.36. The molecule has 0 unspecified atom stereocenters. The number of rotatable bonds is 4. The number of hydrogen-bond acceptors (Lipinski definition) is 1. The van der Waals surface area contributed by atoms with Gasteiger partial charge in [0.1, 0.15) is 5.75 Å². The molecule has 0 radical (unpaired) electrons. The number of hydrogen-bond donors (Lipinski definition) is 0. The molecule has 0 amide bonds. The highest BCUT2D eigenvalue weighted by atomic mass is 35.5. The van der Waals surface area contributed by atoms with E-state index < -0.39 is 0 Å². The zero-order valence-electron chi connectivity index (χ0n) is 10.6. The zero-order valence-corrected chi connectivity index (χ0v) is 11.4. The third-order valence-corrected chi connectivity index (χ3v) is 3.44. The third-order valence-electron chi connectivity index (χ3n) is 3.25. The second-order valence-corrected chi connectivity index (χ2v) is 5.11. The van der Waals surface area contributed by atoms with E-state index in [2.05, 4.69) is 11.8 Å². The molecule has 0 N–H and O–H groups in total. The molecule has 0 heterocycles. The molecule has 1 aliphatic carbocycles. The average Bonchev–Trinajstić information content (AvgIpc) is 2.90. The van der Waals surface area contributed by atoms with Crippen LogP contribution >= 0.6 is 11.6 Å².